The first-order valence-corrected chi connectivity index (χ1v) is 4.97. The predicted octanol–water partition coefficient (Wildman–Crippen LogP) is 1.05. The summed E-state index contributed by atoms with van der Waals surface area (Å²) in [6.07, 6.45) is 1.98. The van der Waals surface area contributed by atoms with Crippen LogP contribution in [-0.4, -0.2) is 45.6 Å². The van der Waals surface area contributed by atoms with Gasteiger partial charge < -0.3 is 4.48 Å². The zero-order valence-electron chi connectivity index (χ0n) is 9.55. The highest BCUT2D eigenvalue weighted by atomic mass is 15.5. The number of hydrogen-bond donors (Lipinski definition) is 0. The van der Waals surface area contributed by atoms with Gasteiger partial charge in [-0.1, -0.05) is 5.21 Å². The number of rotatable bonds is 2. The molecule has 0 amide bonds. The second-order valence-electron chi connectivity index (χ2n) is 4.63. The second-order valence-corrected chi connectivity index (χ2v) is 4.63. The van der Waals surface area contributed by atoms with Crippen LogP contribution in [0.5, 0.6) is 0 Å². The Hall–Kier alpha value is -1.49. The molecule has 5 heteroatoms. The van der Waals surface area contributed by atoms with E-state index in [0.29, 0.717) is 0 Å². The molecule has 15 heavy (non-hydrogen) atoms. The molecular formula is C10H16N5+. The molecule has 0 spiro atoms. The van der Waals surface area contributed by atoms with Crippen LogP contribution in [0.25, 0.3) is 11.2 Å². The smallest absolute Gasteiger partial charge is 0.185 e. The fourth-order valence-corrected chi connectivity index (χ4v) is 1.36. The van der Waals surface area contributed by atoms with Crippen LogP contribution in [0.3, 0.4) is 0 Å². The van der Waals surface area contributed by atoms with E-state index in [0.717, 1.165) is 15.6 Å². The lowest BCUT2D eigenvalue weighted by molar-refractivity contribution is -0.910. The molecule has 2 rings (SSSR count). The summed E-state index contributed by atoms with van der Waals surface area (Å²) in [7, 11) is 6.38. The summed E-state index contributed by atoms with van der Waals surface area (Å²) in [5, 5.41) is 8.24. The summed E-state index contributed by atoms with van der Waals surface area (Å²) in [4.78, 5) is 4.30. The van der Waals surface area contributed by atoms with Gasteiger partial charge in [0.25, 0.3) is 0 Å². The van der Waals surface area contributed by atoms with Crippen molar-refractivity contribution in [1.29, 1.82) is 0 Å². The van der Waals surface area contributed by atoms with Crippen LogP contribution in [0.15, 0.2) is 18.3 Å². The zero-order chi connectivity index (χ0) is 11.1. The van der Waals surface area contributed by atoms with Gasteiger partial charge >= 0.3 is 0 Å². The lowest BCUT2D eigenvalue weighted by Gasteiger charge is -2.30. The quantitative estimate of drug-likeness (QED) is 0.690. The normalized spacial score (nSPS) is 14.4. The largest absolute Gasteiger partial charge is 0.310 e. The lowest BCUT2D eigenvalue weighted by atomic mass is 10.4. The minimum Gasteiger partial charge on any atom is -0.310 e. The first-order valence-electron chi connectivity index (χ1n) is 4.97. The molecule has 0 saturated heterocycles. The summed E-state index contributed by atoms with van der Waals surface area (Å²) in [6.45, 7) is 2.11. The number of aromatic nitrogens is 4. The van der Waals surface area contributed by atoms with Crippen molar-refractivity contribution < 1.29 is 4.48 Å². The van der Waals surface area contributed by atoms with E-state index in [1.54, 1.807) is 6.20 Å². The number of quaternary nitrogens is 1. The van der Waals surface area contributed by atoms with Gasteiger partial charge in [0, 0.05) is 13.1 Å². The van der Waals surface area contributed by atoms with Gasteiger partial charge in [-0.15, -0.1) is 5.10 Å². The molecule has 5 nitrogen and oxygen atoms in total. The molecule has 0 N–H and O–H groups in total. The highest BCUT2D eigenvalue weighted by Gasteiger charge is 2.23. The molecule has 0 fully saturated rings. The topological polar surface area (TPSA) is 43.6 Å². The molecule has 0 aliphatic rings. The lowest BCUT2D eigenvalue weighted by Crippen LogP contribution is -2.40. The molecule has 2 heterocycles. The average Bonchev–Trinajstić information content (AvgIpc) is 2.58. The Morgan fingerprint density at radius 3 is 2.73 bits per heavy atom. The zero-order valence-corrected chi connectivity index (χ0v) is 9.55. The van der Waals surface area contributed by atoms with Gasteiger partial charge in [0.15, 0.2) is 11.8 Å². The Morgan fingerprint density at radius 2 is 2.07 bits per heavy atom. The molecule has 2 aromatic rings. The third kappa shape index (κ3) is 1.70. The molecule has 1 atom stereocenters. The van der Waals surface area contributed by atoms with E-state index in [2.05, 4.69) is 43.4 Å². The van der Waals surface area contributed by atoms with E-state index >= 15 is 0 Å². The van der Waals surface area contributed by atoms with Gasteiger partial charge in [-0.05, 0) is 12.1 Å². The molecular weight excluding hydrogens is 190 g/mol. The molecule has 80 valence electrons. The average molecular weight is 206 g/mol. The Balaban J connectivity index is 2.53. The van der Waals surface area contributed by atoms with Crippen molar-refractivity contribution in [3.63, 3.8) is 0 Å². The maximum Gasteiger partial charge on any atom is 0.185 e. The van der Waals surface area contributed by atoms with E-state index in [1.807, 2.05) is 16.8 Å². The van der Waals surface area contributed by atoms with Crippen molar-refractivity contribution in [3.05, 3.63) is 18.3 Å². The maximum atomic E-state index is 4.30. The van der Waals surface area contributed by atoms with Crippen molar-refractivity contribution in [2.45, 2.75) is 13.1 Å². The predicted molar refractivity (Wildman–Crippen MR) is 58.1 cm³/mol. The van der Waals surface area contributed by atoms with Crippen LogP contribution in [0.4, 0.5) is 0 Å². The van der Waals surface area contributed by atoms with Gasteiger partial charge in [0.05, 0.1) is 21.1 Å². The Morgan fingerprint density at radius 1 is 1.33 bits per heavy atom. The Labute approximate surface area is 88.9 Å². The number of nitrogens with zero attached hydrogens (tertiary/aromatic N) is 5. The Kier molecular flexibility index (Phi) is 2.19. The summed E-state index contributed by atoms with van der Waals surface area (Å²) < 4.78 is 2.66. The summed E-state index contributed by atoms with van der Waals surface area (Å²) >= 11 is 0. The molecule has 2 aromatic heterocycles. The molecule has 0 saturated carbocycles. The van der Waals surface area contributed by atoms with Crippen LogP contribution in [0.2, 0.25) is 0 Å². The highest BCUT2D eigenvalue weighted by molar-refractivity contribution is 5.68. The Bertz CT molecular complexity index is 468. The van der Waals surface area contributed by atoms with Crippen molar-refractivity contribution in [1.82, 2.24) is 20.0 Å². The van der Waals surface area contributed by atoms with Crippen LogP contribution >= 0.6 is 0 Å². The van der Waals surface area contributed by atoms with Crippen molar-refractivity contribution >= 4 is 11.2 Å². The van der Waals surface area contributed by atoms with E-state index in [1.165, 1.54) is 0 Å². The summed E-state index contributed by atoms with van der Waals surface area (Å²) in [5.41, 5.74) is 1.69. The SMILES string of the molecule is CC(n1nnc2cccnc21)[N+](C)(C)C. The van der Waals surface area contributed by atoms with Gasteiger partial charge in [-0.2, -0.15) is 4.68 Å². The minimum absolute atomic E-state index is 0.213. The number of fused-ring (bicyclic) bond motifs is 1. The number of pyridine rings is 1. The molecule has 0 aliphatic heterocycles. The van der Waals surface area contributed by atoms with Gasteiger partial charge in [0.2, 0.25) is 0 Å². The standard InChI is InChI=1S/C10H16N5/c1-8(15(2,3)4)14-10-9(12-13-14)6-5-7-11-10/h5-8H,1-4H3/q+1. The fourth-order valence-electron chi connectivity index (χ4n) is 1.36. The summed E-state index contributed by atoms with van der Waals surface area (Å²) in [6, 6.07) is 3.80. The minimum atomic E-state index is 0.213. The van der Waals surface area contributed by atoms with Gasteiger partial charge in [0.1, 0.15) is 5.52 Å². The third-order valence-electron chi connectivity index (χ3n) is 2.71. The van der Waals surface area contributed by atoms with Gasteiger partial charge in [-0.25, -0.2) is 4.98 Å². The molecule has 0 aliphatic carbocycles. The first kappa shape index (κ1) is 10.0. The molecule has 0 bridgehead atoms. The van der Waals surface area contributed by atoms with Crippen molar-refractivity contribution in [2.24, 2.45) is 0 Å². The van der Waals surface area contributed by atoms with E-state index < -0.39 is 0 Å². The molecule has 0 aromatic carbocycles. The third-order valence-corrected chi connectivity index (χ3v) is 2.71. The van der Waals surface area contributed by atoms with Crippen LogP contribution in [-0.2, 0) is 0 Å². The molecule has 0 radical (unpaired) electrons. The highest BCUT2D eigenvalue weighted by Crippen LogP contribution is 2.18. The van der Waals surface area contributed by atoms with Gasteiger partial charge in [-0.3, -0.25) is 0 Å². The maximum absolute atomic E-state index is 4.30. The first-order chi connectivity index (χ1) is 7.00. The van der Waals surface area contributed by atoms with Crippen LogP contribution in [0.1, 0.15) is 13.1 Å². The van der Waals surface area contributed by atoms with E-state index in [-0.39, 0.29) is 6.17 Å². The van der Waals surface area contributed by atoms with E-state index in [9.17, 15) is 0 Å². The monoisotopic (exact) mass is 206 g/mol. The second kappa shape index (κ2) is 3.27. The van der Waals surface area contributed by atoms with E-state index in [4.69, 9.17) is 0 Å². The fraction of sp³-hybridized carbons (Fsp3) is 0.500. The molecule has 1 unspecified atom stereocenters. The van der Waals surface area contributed by atoms with Crippen LogP contribution in [0, 0.1) is 0 Å². The summed E-state index contributed by atoms with van der Waals surface area (Å²) in [5.74, 6) is 0. The number of hydrogen-bond acceptors (Lipinski definition) is 3. The van der Waals surface area contributed by atoms with Crippen LogP contribution < -0.4 is 0 Å². The van der Waals surface area contributed by atoms with Crippen molar-refractivity contribution in [2.75, 3.05) is 21.1 Å². The van der Waals surface area contributed by atoms with Crippen molar-refractivity contribution in [3.8, 4) is 0 Å².